The van der Waals surface area contributed by atoms with Gasteiger partial charge in [0.15, 0.2) is 6.17 Å². The van der Waals surface area contributed by atoms with E-state index in [1.165, 1.54) is 18.7 Å². The molecular weight excluding hydrogens is 794 g/mol. The molecule has 3 atom stereocenters. The van der Waals surface area contributed by atoms with Gasteiger partial charge in [0.25, 0.3) is 29.4 Å². The number of amides is 4. The average molecular weight is 846 g/mol. The predicted octanol–water partition coefficient (Wildman–Crippen LogP) is 6.33. The lowest BCUT2D eigenvalue weighted by Gasteiger charge is -2.29. The fourth-order valence-corrected chi connectivity index (χ4v) is 8.74. The van der Waals surface area contributed by atoms with Crippen LogP contribution < -0.4 is 30.6 Å². The van der Waals surface area contributed by atoms with Gasteiger partial charge in [0.1, 0.15) is 23.9 Å². The first kappa shape index (κ1) is 43.7. The molecule has 62 heavy (non-hydrogen) atoms. The standard InChI is InChI=1S/C48H52FN5O8/c1-4-33-38(52-46(58)42(33)49)27-61-48-36-24-40(60-3)37(44(50)56)23-35(36)31(25-51-48)19-16-29-12-14-30(15-13-29)26-54(2)22-7-5-6-9-28-17-20-32(21-18-28)62-39-11-8-10-34-41(39)45(57)53-47(59)43(34)55/h8,10-11,17-18,20-21,23-25,29-30,33,38,42H,4-7,9,12-15,22,26-27H2,1-3H3,(H2,50,56)(H,52,58)(H,53,57,59)/t29?,30?,33-,38+,42-/m0/s1. The molecule has 4 aromatic rings. The summed E-state index contributed by atoms with van der Waals surface area (Å²) in [6.45, 7) is 3.94. The fourth-order valence-electron chi connectivity index (χ4n) is 8.74. The van der Waals surface area contributed by atoms with E-state index in [9.17, 15) is 28.4 Å². The first-order valence-corrected chi connectivity index (χ1v) is 21.3. The van der Waals surface area contributed by atoms with Crippen molar-refractivity contribution in [3.8, 4) is 35.0 Å². The number of ether oxygens (including phenoxy) is 3. The third-order valence-electron chi connectivity index (χ3n) is 12.2. The summed E-state index contributed by atoms with van der Waals surface area (Å²) < 4.78 is 31.9. The Kier molecular flexibility index (Phi) is 13.8. The molecule has 4 N–H and O–H groups in total. The number of halogens is 1. The highest BCUT2D eigenvalue weighted by molar-refractivity contribution is 6.49. The minimum atomic E-state index is -1.58. The minimum absolute atomic E-state index is 0.0327. The number of aromatic nitrogens is 1. The molecule has 2 aliphatic heterocycles. The molecule has 7 rings (SSSR count). The maximum Gasteiger partial charge on any atom is 0.299 e. The van der Waals surface area contributed by atoms with Gasteiger partial charge in [-0.25, -0.2) is 9.37 Å². The number of hydrogen-bond acceptors (Lipinski definition) is 10. The van der Waals surface area contributed by atoms with Gasteiger partial charge in [-0.3, -0.25) is 29.3 Å². The number of hydrogen-bond donors (Lipinski definition) is 3. The van der Waals surface area contributed by atoms with Crippen LogP contribution >= 0.6 is 0 Å². The normalized spacial score (nSPS) is 20.9. The summed E-state index contributed by atoms with van der Waals surface area (Å²) in [6, 6.07) is 15.1. The summed E-state index contributed by atoms with van der Waals surface area (Å²) in [5, 5.41) is 5.97. The molecule has 3 aliphatic rings. The number of ketones is 1. The maximum absolute atomic E-state index is 14.4. The second-order valence-electron chi connectivity index (χ2n) is 16.4. The molecule has 0 radical (unpaired) electrons. The Morgan fingerprint density at radius 1 is 0.968 bits per heavy atom. The zero-order valence-corrected chi connectivity index (χ0v) is 35.3. The van der Waals surface area contributed by atoms with E-state index in [4.69, 9.17) is 19.9 Å². The minimum Gasteiger partial charge on any atom is -0.496 e. The van der Waals surface area contributed by atoms with E-state index in [1.807, 2.05) is 31.2 Å². The average Bonchev–Trinajstić information content (AvgIpc) is 3.55. The summed E-state index contributed by atoms with van der Waals surface area (Å²) in [7, 11) is 3.64. The van der Waals surface area contributed by atoms with E-state index in [2.05, 4.69) is 39.4 Å². The van der Waals surface area contributed by atoms with Crippen molar-refractivity contribution in [3.05, 3.63) is 88.6 Å². The lowest BCUT2D eigenvalue weighted by Crippen LogP contribution is -2.42. The number of methoxy groups -OCH3 is 1. The number of nitrogens with two attached hydrogens (primary N) is 1. The Balaban J connectivity index is 0.863. The molecule has 14 heteroatoms. The molecular formula is C48H52FN5O8. The third-order valence-corrected chi connectivity index (χ3v) is 12.2. The second-order valence-corrected chi connectivity index (χ2v) is 16.4. The summed E-state index contributed by atoms with van der Waals surface area (Å²) in [6.07, 6.45) is 8.87. The van der Waals surface area contributed by atoms with Crippen LogP contribution in [0.25, 0.3) is 10.8 Å². The Hall–Kier alpha value is -6.33. The molecule has 0 spiro atoms. The number of rotatable bonds is 16. The number of Topliss-reactive ketones (excluding diaryl/α,β-unsaturated/α-hetero) is 1. The number of alkyl halides is 1. The van der Waals surface area contributed by atoms with Crippen LogP contribution in [0.4, 0.5) is 4.39 Å². The van der Waals surface area contributed by atoms with Crippen LogP contribution in [0.2, 0.25) is 0 Å². The van der Waals surface area contributed by atoms with Gasteiger partial charge in [-0.15, -0.1) is 0 Å². The molecule has 3 aromatic carbocycles. The Morgan fingerprint density at radius 2 is 1.74 bits per heavy atom. The van der Waals surface area contributed by atoms with Crippen LogP contribution in [0.5, 0.6) is 23.1 Å². The monoisotopic (exact) mass is 845 g/mol. The number of unbranched alkanes of at least 4 members (excludes halogenated alkanes) is 2. The van der Waals surface area contributed by atoms with Crippen molar-refractivity contribution in [2.75, 3.05) is 33.9 Å². The number of primary amides is 1. The van der Waals surface area contributed by atoms with E-state index in [1.54, 1.807) is 30.5 Å². The number of nitrogens with zero attached hydrogens (tertiary/aromatic N) is 2. The molecule has 4 amide bonds. The van der Waals surface area contributed by atoms with Crippen LogP contribution in [-0.2, 0) is 16.0 Å². The van der Waals surface area contributed by atoms with Gasteiger partial charge in [-0.05, 0) is 113 Å². The van der Waals surface area contributed by atoms with Crippen LogP contribution in [-0.4, -0.2) is 85.4 Å². The summed E-state index contributed by atoms with van der Waals surface area (Å²) in [5.74, 6) is 4.79. The van der Waals surface area contributed by atoms with Crippen molar-refractivity contribution in [1.82, 2.24) is 20.5 Å². The number of carbonyl (C=O) groups is 5. The van der Waals surface area contributed by atoms with E-state index in [-0.39, 0.29) is 46.6 Å². The van der Waals surface area contributed by atoms with Crippen LogP contribution in [0, 0.1) is 29.6 Å². The van der Waals surface area contributed by atoms with Crippen LogP contribution in [0.3, 0.4) is 0 Å². The quantitative estimate of drug-likeness (QED) is 0.0500. The van der Waals surface area contributed by atoms with Crippen LogP contribution in [0.1, 0.15) is 100 Å². The van der Waals surface area contributed by atoms with Crippen molar-refractivity contribution < 1.29 is 42.6 Å². The van der Waals surface area contributed by atoms with E-state index < -0.39 is 47.5 Å². The second kappa shape index (κ2) is 19.6. The molecule has 0 unspecified atom stereocenters. The number of nitrogens with one attached hydrogen (secondary N) is 2. The van der Waals surface area contributed by atoms with Gasteiger partial charge in [0.2, 0.25) is 5.88 Å². The number of fused-ring (bicyclic) bond motifs is 2. The lowest BCUT2D eigenvalue weighted by molar-refractivity contribution is -0.124. The molecule has 1 saturated carbocycles. The van der Waals surface area contributed by atoms with Crippen molar-refractivity contribution in [1.29, 1.82) is 0 Å². The first-order valence-electron chi connectivity index (χ1n) is 21.3. The topological polar surface area (TPSA) is 179 Å². The number of carbonyl (C=O) groups excluding carboxylic acids is 5. The van der Waals surface area contributed by atoms with Gasteiger partial charge >= 0.3 is 0 Å². The molecule has 13 nitrogen and oxygen atoms in total. The molecule has 1 aromatic heterocycles. The van der Waals surface area contributed by atoms with E-state index >= 15 is 0 Å². The zero-order chi connectivity index (χ0) is 43.9. The molecule has 1 saturated heterocycles. The summed E-state index contributed by atoms with van der Waals surface area (Å²) >= 11 is 0. The fraction of sp³-hybridized carbons (Fsp3) is 0.417. The molecule has 0 bridgehead atoms. The van der Waals surface area contributed by atoms with Gasteiger partial charge in [-0.2, -0.15) is 0 Å². The lowest BCUT2D eigenvalue weighted by atomic mass is 9.82. The van der Waals surface area contributed by atoms with Crippen molar-refractivity contribution in [2.24, 2.45) is 23.5 Å². The summed E-state index contributed by atoms with van der Waals surface area (Å²) in [4.78, 5) is 67.7. The van der Waals surface area contributed by atoms with E-state index in [0.717, 1.165) is 64.5 Å². The highest BCUT2D eigenvalue weighted by Crippen LogP contribution is 2.35. The Morgan fingerprint density at radius 3 is 2.47 bits per heavy atom. The largest absolute Gasteiger partial charge is 0.496 e. The van der Waals surface area contributed by atoms with Gasteiger partial charge in [0.05, 0.1) is 29.8 Å². The Labute approximate surface area is 360 Å². The number of benzene rings is 3. The first-order chi connectivity index (χ1) is 29.9. The molecule has 2 fully saturated rings. The molecule has 3 heterocycles. The highest BCUT2D eigenvalue weighted by Gasteiger charge is 2.42. The number of aryl methyl sites for hydroxylation is 1. The van der Waals surface area contributed by atoms with Crippen molar-refractivity contribution in [2.45, 2.75) is 76.9 Å². The Bertz CT molecular complexity index is 2420. The predicted molar refractivity (Wildman–Crippen MR) is 230 cm³/mol. The highest BCUT2D eigenvalue weighted by atomic mass is 19.1. The number of imide groups is 1. The zero-order valence-electron chi connectivity index (χ0n) is 35.3. The van der Waals surface area contributed by atoms with Crippen molar-refractivity contribution >= 4 is 40.2 Å². The SMILES string of the molecule is CC[C@@H]1[C@H](F)C(=O)N[C@@H]1COc1ncc(C#CC2CCC(CN(C)CCCCCc3ccc(Oc4cccc5c4C(=O)NC(=O)C5=O)cc3)CC2)c2cc(C(N)=O)c(OC)cc12. The van der Waals surface area contributed by atoms with Gasteiger partial charge in [-0.1, -0.05) is 43.4 Å². The number of pyridine rings is 1. The molecule has 324 valence electrons. The summed E-state index contributed by atoms with van der Waals surface area (Å²) in [5.41, 5.74) is 7.83. The van der Waals surface area contributed by atoms with Gasteiger partial charge in [0, 0.05) is 40.9 Å². The van der Waals surface area contributed by atoms with E-state index in [0.29, 0.717) is 34.4 Å². The third kappa shape index (κ3) is 9.89. The van der Waals surface area contributed by atoms with Crippen LogP contribution in [0.15, 0.2) is 60.8 Å². The maximum atomic E-state index is 14.4. The molecule has 1 aliphatic carbocycles. The van der Waals surface area contributed by atoms with Gasteiger partial charge < -0.3 is 30.2 Å². The van der Waals surface area contributed by atoms with Crippen molar-refractivity contribution in [3.63, 3.8) is 0 Å². The smallest absolute Gasteiger partial charge is 0.299 e.